The summed E-state index contributed by atoms with van der Waals surface area (Å²) in [4.78, 5) is 8.17. The van der Waals surface area contributed by atoms with Gasteiger partial charge in [0.15, 0.2) is 0 Å². The van der Waals surface area contributed by atoms with Crippen molar-refractivity contribution in [2.75, 3.05) is 11.9 Å². The standard InChI is InChI=1S/C13H17N3O2/c1-4-17-13-7-12(14-8-15-13)16-10(3)11-6-5-9(2)18-11/h5-8,10H,4H2,1-3H3,(H,14,15,16). The lowest BCUT2D eigenvalue weighted by Gasteiger charge is -2.12. The van der Waals surface area contributed by atoms with Crippen LogP contribution in [0.2, 0.25) is 0 Å². The van der Waals surface area contributed by atoms with E-state index in [2.05, 4.69) is 15.3 Å². The molecule has 0 radical (unpaired) electrons. The van der Waals surface area contributed by atoms with Crippen molar-refractivity contribution in [2.45, 2.75) is 26.8 Å². The molecule has 0 saturated heterocycles. The average molecular weight is 247 g/mol. The van der Waals surface area contributed by atoms with Crippen LogP contribution in [0.5, 0.6) is 5.88 Å². The summed E-state index contributed by atoms with van der Waals surface area (Å²) < 4.78 is 10.9. The fraction of sp³-hybridized carbons (Fsp3) is 0.385. The van der Waals surface area contributed by atoms with Crippen LogP contribution in [0.3, 0.4) is 0 Å². The monoisotopic (exact) mass is 247 g/mol. The van der Waals surface area contributed by atoms with Crippen molar-refractivity contribution in [3.63, 3.8) is 0 Å². The molecule has 2 aromatic rings. The second-order valence-corrected chi connectivity index (χ2v) is 3.99. The van der Waals surface area contributed by atoms with Crippen molar-refractivity contribution >= 4 is 5.82 Å². The number of nitrogens with one attached hydrogen (secondary N) is 1. The molecule has 5 nitrogen and oxygen atoms in total. The molecule has 1 atom stereocenters. The number of aromatic nitrogens is 2. The zero-order valence-electron chi connectivity index (χ0n) is 10.8. The summed E-state index contributed by atoms with van der Waals surface area (Å²) in [6, 6.07) is 5.72. The van der Waals surface area contributed by atoms with E-state index >= 15 is 0 Å². The van der Waals surface area contributed by atoms with E-state index in [1.54, 1.807) is 6.07 Å². The molecule has 1 unspecified atom stereocenters. The summed E-state index contributed by atoms with van der Waals surface area (Å²) in [6.45, 7) is 6.45. The van der Waals surface area contributed by atoms with Gasteiger partial charge in [-0.1, -0.05) is 0 Å². The van der Waals surface area contributed by atoms with Crippen LogP contribution in [0.25, 0.3) is 0 Å². The van der Waals surface area contributed by atoms with Crippen LogP contribution in [-0.4, -0.2) is 16.6 Å². The Morgan fingerprint density at radius 2 is 2.22 bits per heavy atom. The zero-order chi connectivity index (χ0) is 13.0. The fourth-order valence-corrected chi connectivity index (χ4v) is 1.62. The lowest BCUT2D eigenvalue weighted by Crippen LogP contribution is -2.07. The summed E-state index contributed by atoms with van der Waals surface area (Å²) >= 11 is 0. The highest BCUT2D eigenvalue weighted by molar-refractivity contribution is 5.39. The van der Waals surface area contributed by atoms with Gasteiger partial charge in [-0.3, -0.25) is 0 Å². The van der Waals surface area contributed by atoms with Crippen LogP contribution in [0.4, 0.5) is 5.82 Å². The maximum absolute atomic E-state index is 5.56. The molecule has 2 aromatic heterocycles. The van der Waals surface area contributed by atoms with Gasteiger partial charge >= 0.3 is 0 Å². The predicted molar refractivity (Wildman–Crippen MR) is 68.7 cm³/mol. The molecular weight excluding hydrogens is 230 g/mol. The third-order valence-electron chi connectivity index (χ3n) is 2.49. The Hall–Kier alpha value is -2.04. The quantitative estimate of drug-likeness (QED) is 0.880. The molecule has 96 valence electrons. The molecule has 0 aliphatic heterocycles. The predicted octanol–water partition coefficient (Wildman–Crippen LogP) is 2.95. The second kappa shape index (κ2) is 5.53. The first-order chi connectivity index (χ1) is 8.69. The molecule has 2 rings (SSSR count). The summed E-state index contributed by atoms with van der Waals surface area (Å²) in [5.74, 6) is 3.06. The Labute approximate surface area is 106 Å². The lowest BCUT2D eigenvalue weighted by molar-refractivity contribution is 0.326. The van der Waals surface area contributed by atoms with Crippen molar-refractivity contribution in [2.24, 2.45) is 0 Å². The Balaban J connectivity index is 2.06. The molecule has 0 amide bonds. The summed E-state index contributed by atoms with van der Waals surface area (Å²) in [5, 5.41) is 3.25. The molecule has 0 fully saturated rings. The van der Waals surface area contributed by atoms with Crippen molar-refractivity contribution in [3.8, 4) is 5.88 Å². The number of hydrogen-bond donors (Lipinski definition) is 1. The minimum atomic E-state index is 0.0445. The average Bonchev–Trinajstić information content (AvgIpc) is 2.77. The van der Waals surface area contributed by atoms with Crippen molar-refractivity contribution in [1.82, 2.24) is 9.97 Å². The minimum absolute atomic E-state index is 0.0445. The third kappa shape index (κ3) is 3.00. The molecule has 18 heavy (non-hydrogen) atoms. The molecule has 0 aliphatic carbocycles. The fourth-order valence-electron chi connectivity index (χ4n) is 1.62. The van der Waals surface area contributed by atoms with Gasteiger partial charge in [-0.25, -0.2) is 9.97 Å². The Morgan fingerprint density at radius 3 is 2.89 bits per heavy atom. The zero-order valence-corrected chi connectivity index (χ0v) is 10.8. The van der Waals surface area contributed by atoms with Crippen LogP contribution in [0, 0.1) is 6.92 Å². The first-order valence-corrected chi connectivity index (χ1v) is 5.96. The number of hydrogen-bond acceptors (Lipinski definition) is 5. The molecule has 2 heterocycles. The normalized spacial score (nSPS) is 12.2. The number of rotatable bonds is 5. The summed E-state index contributed by atoms with van der Waals surface area (Å²) in [7, 11) is 0. The van der Waals surface area contributed by atoms with E-state index in [1.807, 2.05) is 32.9 Å². The van der Waals surface area contributed by atoms with E-state index in [-0.39, 0.29) is 6.04 Å². The maximum atomic E-state index is 5.56. The molecule has 0 bridgehead atoms. The van der Waals surface area contributed by atoms with Gasteiger partial charge < -0.3 is 14.5 Å². The Morgan fingerprint density at radius 1 is 1.39 bits per heavy atom. The van der Waals surface area contributed by atoms with Gasteiger partial charge in [-0.05, 0) is 32.9 Å². The lowest BCUT2D eigenvalue weighted by atomic mass is 10.2. The van der Waals surface area contributed by atoms with Gasteiger partial charge in [0.1, 0.15) is 23.7 Å². The van der Waals surface area contributed by atoms with E-state index in [0.29, 0.717) is 12.5 Å². The SMILES string of the molecule is CCOc1cc(NC(C)c2ccc(C)o2)ncn1. The third-order valence-corrected chi connectivity index (χ3v) is 2.49. The van der Waals surface area contributed by atoms with Crippen molar-refractivity contribution < 1.29 is 9.15 Å². The molecule has 0 aliphatic rings. The van der Waals surface area contributed by atoms with Crippen LogP contribution in [0.1, 0.15) is 31.4 Å². The molecule has 0 aromatic carbocycles. The number of anilines is 1. The number of furan rings is 1. The smallest absolute Gasteiger partial charge is 0.218 e. The van der Waals surface area contributed by atoms with Gasteiger partial charge in [-0.2, -0.15) is 0 Å². The largest absolute Gasteiger partial charge is 0.478 e. The van der Waals surface area contributed by atoms with Crippen molar-refractivity contribution in [3.05, 3.63) is 36.0 Å². The molecule has 0 saturated carbocycles. The van der Waals surface area contributed by atoms with Crippen LogP contribution >= 0.6 is 0 Å². The van der Waals surface area contributed by atoms with E-state index in [9.17, 15) is 0 Å². The summed E-state index contributed by atoms with van der Waals surface area (Å²) in [6.07, 6.45) is 1.48. The molecule has 0 spiro atoms. The number of aryl methyl sites for hydroxylation is 1. The van der Waals surface area contributed by atoms with E-state index in [4.69, 9.17) is 9.15 Å². The maximum Gasteiger partial charge on any atom is 0.218 e. The van der Waals surface area contributed by atoms with E-state index < -0.39 is 0 Å². The van der Waals surface area contributed by atoms with Crippen molar-refractivity contribution in [1.29, 1.82) is 0 Å². The second-order valence-electron chi connectivity index (χ2n) is 3.99. The topological polar surface area (TPSA) is 60.2 Å². The van der Waals surface area contributed by atoms with Crippen LogP contribution in [0.15, 0.2) is 28.9 Å². The number of nitrogens with zero attached hydrogens (tertiary/aromatic N) is 2. The first kappa shape index (κ1) is 12.4. The number of ether oxygens (including phenoxy) is 1. The Bertz CT molecular complexity index is 510. The molecular formula is C13H17N3O2. The molecule has 5 heteroatoms. The van der Waals surface area contributed by atoms with Gasteiger partial charge in [0.05, 0.1) is 12.6 Å². The summed E-state index contributed by atoms with van der Waals surface area (Å²) in [5.41, 5.74) is 0. The minimum Gasteiger partial charge on any atom is -0.478 e. The highest BCUT2D eigenvalue weighted by atomic mass is 16.5. The first-order valence-electron chi connectivity index (χ1n) is 5.96. The van der Waals surface area contributed by atoms with E-state index in [1.165, 1.54) is 6.33 Å². The van der Waals surface area contributed by atoms with Crippen LogP contribution in [-0.2, 0) is 0 Å². The highest BCUT2D eigenvalue weighted by Gasteiger charge is 2.10. The van der Waals surface area contributed by atoms with Crippen LogP contribution < -0.4 is 10.1 Å². The van der Waals surface area contributed by atoms with E-state index in [0.717, 1.165) is 17.3 Å². The van der Waals surface area contributed by atoms with Gasteiger partial charge in [0, 0.05) is 6.07 Å². The van der Waals surface area contributed by atoms with Gasteiger partial charge in [0.25, 0.3) is 0 Å². The van der Waals surface area contributed by atoms with Gasteiger partial charge in [-0.15, -0.1) is 0 Å². The van der Waals surface area contributed by atoms with Gasteiger partial charge in [0.2, 0.25) is 5.88 Å². The highest BCUT2D eigenvalue weighted by Crippen LogP contribution is 2.21. The molecule has 1 N–H and O–H groups in total. The Kier molecular flexibility index (Phi) is 3.82.